The third kappa shape index (κ3) is 3.67. The zero-order valence-corrected chi connectivity index (χ0v) is 16.9. The molecule has 1 atom stereocenters. The quantitative estimate of drug-likeness (QED) is 0.421. The summed E-state index contributed by atoms with van der Waals surface area (Å²) in [6.45, 7) is 4.84. The molecule has 0 N–H and O–H groups in total. The lowest BCUT2D eigenvalue weighted by atomic mass is 10.2. The first kappa shape index (κ1) is 18.7. The smallest absolute Gasteiger partial charge is 0.192 e. The Morgan fingerprint density at radius 2 is 1.86 bits per heavy atom. The number of benzene rings is 1. The van der Waals surface area contributed by atoms with Gasteiger partial charge in [0.1, 0.15) is 10.8 Å². The fraction of sp³-hybridized carbons (Fsp3) is 0.211. The van der Waals surface area contributed by atoms with Gasteiger partial charge in [0.25, 0.3) is 0 Å². The van der Waals surface area contributed by atoms with Gasteiger partial charge in [-0.25, -0.2) is 4.39 Å². The molecule has 0 amide bonds. The van der Waals surface area contributed by atoms with E-state index in [-0.39, 0.29) is 11.1 Å². The van der Waals surface area contributed by atoms with Gasteiger partial charge in [0.15, 0.2) is 16.0 Å². The molecule has 4 rings (SSSR count). The second-order valence-electron chi connectivity index (χ2n) is 5.97. The van der Waals surface area contributed by atoms with Crippen LogP contribution in [0.1, 0.15) is 24.1 Å². The molecule has 0 radical (unpaired) electrons. The second kappa shape index (κ2) is 8.15. The van der Waals surface area contributed by atoms with Gasteiger partial charge in [-0.05, 0) is 38.1 Å². The molecular formula is C19H17FN6S2. The number of thioether (sulfide) groups is 1. The molecule has 0 spiro atoms. The Morgan fingerprint density at radius 3 is 2.61 bits per heavy atom. The highest BCUT2D eigenvalue weighted by Crippen LogP contribution is 2.38. The third-order valence-corrected chi connectivity index (χ3v) is 6.52. The van der Waals surface area contributed by atoms with Crippen LogP contribution in [0.25, 0.3) is 22.0 Å². The molecule has 142 valence electrons. The highest BCUT2D eigenvalue weighted by molar-refractivity contribution is 7.99. The van der Waals surface area contributed by atoms with Gasteiger partial charge in [-0.2, -0.15) is 0 Å². The van der Waals surface area contributed by atoms with Crippen molar-refractivity contribution in [2.45, 2.75) is 30.8 Å². The van der Waals surface area contributed by atoms with Crippen LogP contribution in [0.5, 0.6) is 0 Å². The SMILES string of the molecule is CCn1c(S[C@H](C)c2nnc(-c3ccccc3F)s2)nnc1-c1ccncc1. The van der Waals surface area contributed by atoms with Crippen LogP contribution in [0.15, 0.2) is 53.9 Å². The summed E-state index contributed by atoms with van der Waals surface area (Å²) in [4.78, 5) is 4.05. The summed E-state index contributed by atoms with van der Waals surface area (Å²) in [6, 6.07) is 10.4. The zero-order valence-electron chi connectivity index (χ0n) is 15.3. The number of hydrogen-bond acceptors (Lipinski definition) is 7. The Bertz CT molecular complexity index is 1080. The van der Waals surface area contributed by atoms with Crippen molar-refractivity contribution < 1.29 is 4.39 Å². The van der Waals surface area contributed by atoms with E-state index in [0.29, 0.717) is 10.6 Å². The standard InChI is InChI=1S/C19H17FN6S2/c1-3-26-16(13-8-10-21-11-9-13)22-25-19(26)27-12(2)17-23-24-18(28-17)14-6-4-5-7-15(14)20/h4-12H,3H2,1-2H3/t12-/m1/s1. The minimum atomic E-state index is -0.293. The zero-order chi connectivity index (χ0) is 19.5. The molecule has 0 aliphatic carbocycles. The Kier molecular flexibility index (Phi) is 5.45. The highest BCUT2D eigenvalue weighted by Gasteiger charge is 2.20. The monoisotopic (exact) mass is 412 g/mol. The van der Waals surface area contributed by atoms with E-state index < -0.39 is 0 Å². The van der Waals surface area contributed by atoms with Gasteiger partial charge in [-0.1, -0.05) is 35.2 Å². The first-order chi connectivity index (χ1) is 13.7. The molecule has 0 aliphatic heterocycles. The number of aromatic nitrogens is 6. The largest absolute Gasteiger partial charge is 0.302 e. The first-order valence-electron chi connectivity index (χ1n) is 8.76. The summed E-state index contributed by atoms with van der Waals surface area (Å²) in [7, 11) is 0. The number of halogens is 1. The van der Waals surface area contributed by atoms with Crippen LogP contribution in [0.4, 0.5) is 4.39 Å². The van der Waals surface area contributed by atoms with Crippen LogP contribution in [0, 0.1) is 5.82 Å². The summed E-state index contributed by atoms with van der Waals surface area (Å²) >= 11 is 2.96. The molecule has 0 unspecified atom stereocenters. The minimum Gasteiger partial charge on any atom is -0.302 e. The maximum absolute atomic E-state index is 14.0. The molecule has 0 fully saturated rings. The van der Waals surface area contributed by atoms with Crippen LogP contribution in [-0.4, -0.2) is 29.9 Å². The van der Waals surface area contributed by atoms with Crippen molar-refractivity contribution in [1.82, 2.24) is 29.9 Å². The summed E-state index contributed by atoms with van der Waals surface area (Å²) in [5.74, 6) is 0.516. The lowest BCUT2D eigenvalue weighted by molar-refractivity contribution is 0.631. The second-order valence-corrected chi connectivity index (χ2v) is 8.29. The van der Waals surface area contributed by atoms with E-state index in [4.69, 9.17) is 0 Å². The van der Waals surface area contributed by atoms with Gasteiger partial charge < -0.3 is 4.57 Å². The van der Waals surface area contributed by atoms with Crippen molar-refractivity contribution in [2.24, 2.45) is 0 Å². The summed E-state index contributed by atoms with van der Waals surface area (Å²) in [6.07, 6.45) is 3.48. The predicted molar refractivity (Wildman–Crippen MR) is 109 cm³/mol. The summed E-state index contributed by atoms with van der Waals surface area (Å²) < 4.78 is 16.1. The molecule has 3 aromatic heterocycles. The molecule has 28 heavy (non-hydrogen) atoms. The molecule has 4 aromatic rings. The van der Waals surface area contributed by atoms with Crippen LogP contribution >= 0.6 is 23.1 Å². The highest BCUT2D eigenvalue weighted by atomic mass is 32.2. The van der Waals surface area contributed by atoms with Gasteiger partial charge in [0.2, 0.25) is 0 Å². The number of pyridine rings is 1. The van der Waals surface area contributed by atoms with Crippen molar-refractivity contribution in [2.75, 3.05) is 0 Å². The summed E-state index contributed by atoms with van der Waals surface area (Å²) in [5, 5.41) is 19.4. The molecular weight excluding hydrogens is 395 g/mol. The fourth-order valence-corrected chi connectivity index (χ4v) is 4.71. The maximum Gasteiger partial charge on any atom is 0.192 e. The van der Waals surface area contributed by atoms with Gasteiger partial charge in [-0.3, -0.25) is 4.98 Å². The van der Waals surface area contributed by atoms with Gasteiger partial charge in [-0.15, -0.1) is 20.4 Å². The molecule has 0 aliphatic rings. The van der Waals surface area contributed by atoms with E-state index in [0.717, 1.165) is 28.1 Å². The Morgan fingerprint density at radius 1 is 1.07 bits per heavy atom. The fourth-order valence-electron chi connectivity index (χ4n) is 2.73. The number of nitrogens with zero attached hydrogens (tertiary/aromatic N) is 6. The first-order valence-corrected chi connectivity index (χ1v) is 10.5. The number of rotatable bonds is 6. The van der Waals surface area contributed by atoms with Crippen molar-refractivity contribution in [3.8, 4) is 22.0 Å². The van der Waals surface area contributed by atoms with Gasteiger partial charge in [0, 0.05) is 30.1 Å². The lowest BCUT2D eigenvalue weighted by Gasteiger charge is -2.09. The van der Waals surface area contributed by atoms with Crippen LogP contribution in [-0.2, 0) is 6.54 Å². The number of hydrogen-bond donors (Lipinski definition) is 0. The average molecular weight is 413 g/mol. The van der Waals surface area contributed by atoms with Crippen molar-refractivity contribution in [1.29, 1.82) is 0 Å². The Hall–Kier alpha value is -2.65. The lowest BCUT2D eigenvalue weighted by Crippen LogP contribution is -2.01. The van der Waals surface area contributed by atoms with Crippen LogP contribution in [0.2, 0.25) is 0 Å². The van der Waals surface area contributed by atoms with Gasteiger partial charge >= 0.3 is 0 Å². The Labute approximate surface area is 169 Å². The molecule has 3 heterocycles. The molecule has 0 saturated heterocycles. The van der Waals surface area contributed by atoms with Crippen molar-refractivity contribution in [3.63, 3.8) is 0 Å². The normalized spacial score (nSPS) is 12.2. The van der Waals surface area contributed by atoms with Crippen molar-refractivity contribution in [3.05, 3.63) is 59.6 Å². The van der Waals surface area contributed by atoms with Crippen LogP contribution in [0.3, 0.4) is 0 Å². The van der Waals surface area contributed by atoms with E-state index in [9.17, 15) is 4.39 Å². The summed E-state index contributed by atoms with van der Waals surface area (Å²) in [5.41, 5.74) is 1.45. The van der Waals surface area contributed by atoms with E-state index in [1.807, 2.05) is 19.1 Å². The van der Waals surface area contributed by atoms with E-state index in [1.54, 1.807) is 42.4 Å². The van der Waals surface area contributed by atoms with Gasteiger partial charge in [0.05, 0.1) is 5.25 Å². The third-order valence-electron chi connectivity index (χ3n) is 4.15. The molecule has 0 saturated carbocycles. The maximum atomic E-state index is 14.0. The predicted octanol–water partition coefficient (Wildman–Crippen LogP) is 4.87. The van der Waals surface area contributed by atoms with Crippen LogP contribution < -0.4 is 0 Å². The topological polar surface area (TPSA) is 69.4 Å². The van der Waals surface area contributed by atoms with E-state index in [2.05, 4.69) is 36.9 Å². The van der Waals surface area contributed by atoms with E-state index >= 15 is 0 Å². The average Bonchev–Trinajstić information content (AvgIpc) is 3.36. The molecule has 0 bridgehead atoms. The molecule has 6 nitrogen and oxygen atoms in total. The molecule has 1 aromatic carbocycles. The van der Waals surface area contributed by atoms with Crippen molar-refractivity contribution >= 4 is 23.1 Å². The van der Waals surface area contributed by atoms with E-state index in [1.165, 1.54) is 17.4 Å². The molecule has 9 heteroatoms. The minimum absolute atomic E-state index is 0.0119. The Balaban J connectivity index is 1.57.